The number of nitrogens with one attached hydrogen (secondary N) is 2. The molecule has 0 aliphatic rings. The molecule has 4 aromatic carbocycles. The van der Waals surface area contributed by atoms with E-state index in [0.717, 1.165) is 22.3 Å². The monoisotopic (exact) mass is 519 g/mol. The molecule has 39 heavy (non-hydrogen) atoms. The lowest BCUT2D eigenvalue weighted by Gasteiger charge is -2.23. The summed E-state index contributed by atoms with van der Waals surface area (Å²) in [7, 11) is 0. The van der Waals surface area contributed by atoms with Crippen molar-refractivity contribution in [3.8, 4) is 11.5 Å². The first-order valence-corrected chi connectivity index (χ1v) is 12.8. The van der Waals surface area contributed by atoms with Crippen molar-refractivity contribution in [2.45, 2.75) is 13.5 Å². The number of anilines is 1. The molecule has 196 valence electrons. The van der Waals surface area contributed by atoms with Crippen LogP contribution in [0.5, 0.6) is 11.5 Å². The van der Waals surface area contributed by atoms with E-state index in [9.17, 15) is 9.59 Å². The number of amides is 1. The molecule has 0 spiro atoms. The fraction of sp³-hybridized carbons (Fsp3) is 0.156. The molecule has 0 radical (unpaired) electrons. The molecular weight excluding hydrogens is 490 g/mol. The largest absolute Gasteiger partial charge is 0.457 e. The Morgan fingerprint density at radius 2 is 1.56 bits per heavy atom. The van der Waals surface area contributed by atoms with Crippen molar-refractivity contribution in [1.82, 2.24) is 9.97 Å². The van der Waals surface area contributed by atoms with Crippen LogP contribution in [0.3, 0.4) is 0 Å². The molecule has 5 rings (SSSR count). The van der Waals surface area contributed by atoms with Crippen LogP contribution in [-0.2, 0) is 16.1 Å². The normalized spacial score (nSPS) is 12.5. The zero-order valence-electron chi connectivity index (χ0n) is 21.5. The molecule has 2 N–H and O–H groups in total. The van der Waals surface area contributed by atoms with Gasteiger partial charge in [0.2, 0.25) is 5.91 Å². The summed E-state index contributed by atoms with van der Waals surface area (Å²) in [5, 5.41) is 2.95. The molecular formula is C32H29N3O4. The number of nitrogens with zero attached hydrogens (tertiary/aromatic N) is 1. The van der Waals surface area contributed by atoms with Gasteiger partial charge in [-0.25, -0.2) is 4.98 Å². The summed E-state index contributed by atoms with van der Waals surface area (Å²) in [6, 6.07) is 31.6. The van der Waals surface area contributed by atoms with Gasteiger partial charge in [0.05, 0.1) is 36.5 Å². The van der Waals surface area contributed by atoms with Gasteiger partial charge in [0.15, 0.2) is 5.78 Å². The number of ketones is 1. The Hall–Kier alpha value is -4.75. The van der Waals surface area contributed by atoms with E-state index >= 15 is 0 Å². The van der Waals surface area contributed by atoms with Gasteiger partial charge in [0.25, 0.3) is 0 Å². The van der Waals surface area contributed by atoms with E-state index in [1.807, 2.05) is 60.7 Å². The molecule has 0 bridgehead atoms. The number of benzene rings is 4. The predicted octanol–water partition coefficient (Wildman–Crippen LogP) is 6.65. The first-order valence-electron chi connectivity index (χ1n) is 12.8. The van der Waals surface area contributed by atoms with Crippen LogP contribution in [0.25, 0.3) is 11.0 Å². The van der Waals surface area contributed by atoms with Crippen molar-refractivity contribution in [3.63, 3.8) is 0 Å². The van der Waals surface area contributed by atoms with E-state index in [1.165, 1.54) is 0 Å². The lowest BCUT2D eigenvalue weighted by atomic mass is 9.86. The van der Waals surface area contributed by atoms with Crippen molar-refractivity contribution in [3.05, 3.63) is 121 Å². The minimum atomic E-state index is -0.709. The van der Waals surface area contributed by atoms with Crippen molar-refractivity contribution in [2.75, 3.05) is 11.9 Å². The number of hydrogen-bond donors (Lipinski definition) is 2. The van der Waals surface area contributed by atoms with E-state index in [1.54, 1.807) is 55.7 Å². The molecule has 2 atom stereocenters. The predicted molar refractivity (Wildman–Crippen MR) is 151 cm³/mol. The fourth-order valence-corrected chi connectivity index (χ4v) is 4.33. The zero-order valence-corrected chi connectivity index (χ0v) is 21.5. The summed E-state index contributed by atoms with van der Waals surface area (Å²) in [4.78, 5) is 34.2. The van der Waals surface area contributed by atoms with Gasteiger partial charge >= 0.3 is 0 Å². The lowest BCUT2D eigenvalue weighted by molar-refractivity contribution is -0.123. The molecule has 1 amide bonds. The lowest BCUT2D eigenvalue weighted by Crippen LogP contribution is -2.35. The van der Waals surface area contributed by atoms with Crippen molar-refractivity contribution >= 4 is 28.4 Å². The van der Waals surface area contributed by atoms with Crippen LogP contribution in [0.15, 0.2) is 109 Å². The molecule has 0 aliphatic carbocycles. The Balaban J connectivity index is 1.30. The number of fused-ring (bicyclic) bond motifs is 1. The van der Waals surface area contributed by atoms with Gasteiger partial charge in [-0.1, -0.05) is 55.5 Å². The smallest absolute Gasteiger partial charge is 0.230 e. The Bertz CT molecular complexity index is 1530. The Kier molecular flexibility index (Phi) is 8.09. The van der Waals surface area contributed by atoms with Crippen LogP contribution in [0.2, 0.25) is 0 Å². The van der Waals surface area contributed by atoms with E-state index in [4.69, 9.17) is 9.47 Å². The Morgan fingerprint density at radius 1 is 0.872 bits per heavy atom. The van der Waals surface area contributed by atoms with E-state index in [-0.39, 0.29) is 18.3 Å². The van der Waals surface area contributed by atoms with Crippen LogP contribution in [0.4, 0.5) is 5.69 Å². The SMILES string of the molecule is CC(C(=O)c1ccc2nc[nH]c2c1)C(COCc1ccccc1)C(=O)Nc1ccc(Oc2ccccc2)cc1. The summed E-state index contributed by atoms with van der Waals surface area (Å²) in [5.41, 5.74) is 3.66. The molecule has 1 heterocycles. The maximum absolute atomic E-state index is 13.5. The first kappa shape index (κ1) is 25.9. The maximum atomic E-state index is 13.5. The molecule has 0 fully saturated rings. The van der Waals surface area contributed by atoms with Gasteiger partial charge in [-0.3, -0.25) is 9.59 Å². The highest BCUT2D eigenvalue weighted by Gasteiger charge is 2.31. The van der Waals surface area contributed by atoms with E-state index in [0.29, 0.717) is 23.6 Å². The molecule has 7 heteroatoms. The minimum Gasteiger partial charge on any atom is -0.457 e. The highest BCUT2D eigenvalue weighted by Crippen LogP contribution is 2.25. The van der Waals surface area contributed by atoms with Gasteiger partial charge < -0.3 is 19.8 Å². The van der Waals surface area contributed by atoms with Gasteiger partial charge in [-0.05, 0) is 60.2 Å². The third-order valence-corrected chi connectivity index (χ3v) is 6.57. The number of para-hydroxylation sites is 1. The molecule has 7 nitrogen and oxygen atoms in total. The van der Waals surface area contributed by atoms with Crippen LogP contribution in [0, 0.1) is 11.8 Å². The van der Waals surface area contributed by atoms with Crippen LogP contribution >= 0.6 is 0 Å². The number of Topliss-reactive ketones (excluding diaryl/α,β-unsaturated/α-hetero) is 1. The van der Waals surface area contributed by atoms with E-state index in [2.05, 4.69) is 15.3 Å². The van der Waals surface area contributed by atoms with Gasteiger partial charge in [-0.15, -0.1) is 0 Å². The molecule has 5 aromatic rings. The molecule has 1 aromatic heterocycles. The number of imidazole rings is 1. The van der Waals surface area contributed by atoms with Crippen molar-refractivity contribution in [2.24, 2.45) is 11.8 Å². The molecule has 0 saturated heterocycles. The summed E-state index contributed by atoms with van der Waals surface area (Å²) in [6.07, 6.45) is 1.59. The van der Waals surface area contributed by atoms with Crippen molar-refractivity contribution in [1.29, 1.82) is 0 Å². The third-order valence-electron chi connectivity index (χ3n) is 6.57. The van der Waals surface area contributed by atoms with Gasteiger partial charge in [-0.2, -0.15) is 0 Å². The Morgan fingerprint density at radius 3 is 2.31 bits per heavy atom. The number of aromatic amines is 1. The third kappa shape index (κ3) is 6.58. The van der Waals surface area contributed by atoms with Crippen LogP contribution in [-0.4, -0.2) is 28.3 Å². The standard InChI is InChI=1S/C32H29N3O4/c1-22(31(36)24-12-17-29-30(18-24)34-21-33-29)28(20-38-19-23-8-4-2-5-9-23)32(37)35-25-13-15-27(16-14-25)39-26-10-6-3-7-11-26/h2-18,21-22,28H,19-20H2,1H3,(H,33,34)(H,35,37). The van der Waals surface area contributed by atoms with Crippen LogP contribution < -0.4 is 10.1 Å². The highest BCUT2D eigenvalue weighted by molar-refractivity contribution is 6.04. The Labute approximate surface area is 226 Å². The average Bonchev–Trinajstić information content (AvgIpc) is 3.45. The molecule has 2 unspecified atom stereocenters. The van der Waals surface area contributed by atoms with Gasteiger partial charge in [0.1, 0.15) is 11.5 Å². The minimum absolute atomic E-state index is 0.0924. The topological polar surface area (TPSA) is 93.3 Å². The summed E-state index contributed by atoms with van der Waals surface area (Å²) in [6.45, 7) is 2.21. The number of carbonyl (C=O) groups is 2. The highest BCUT2D eigenvalue weighted by atomic mass is 16.5. The zero-order chi connectivity index (χ0) is 27.0. The second-order valence-corrected chi connectivity index (χ2v) is 9.32. The molecule has 0 aliphatic heterocycles. The van der Waals surface area contributed by atoms with Crippen molar-refractivity contribution < 1.29 is 19.1 Å². The van der Waals surface area contributed by atoms with Gasteiger partial charge in [0, 0.05) is 17.2 Å². The number of H-pyrrole nitrogens is 1. The fourth-order valence-electron chi connectivity index (χ4n) is 4.33. The van der Waals surface area contributed by atoms with E-state index < -0.39 is 11.8 Å². The quantitative estimate of drug-likeness (QED) is 0.191. The average molecular weight is 520 g/mol. The molecule has 0 saturated carbocycles. The second kappa shape index (κ2) is 12.2. The number of ether oxygens (including phenoxy) is 2. The summed E-state index contributed by atoms with van der Waals surface area (Å²) in [5.74, 6) is -0.379. The second-order valence-electron chi connectivity index (χ2n) is 9.32. The number of aromatic nitrogens is 2. The number of rotatable bonds is 11. The first-order chi connectivity index (χ1) is 19.1. The number of carbonyl (C=O) groups excluding carboxylic acids is 2. The summed E-state index contributed by atoms with van der Waals surface area (Å²) < 4.78 is 11.8. The number of hydrogen-bond acceptors (Lipinski definition) is 5. The van der Waals surface area contributed by atoms with Crippen LogP contribution in [0.1, 0.15) is 22.8 Å². The maximum Gasteiger partial charge on any atom is 0.230 e. The summed E-state index contributed by atoms with van der Waals surface area (Å²) >= 11 is 0.